The fraction of sp³-hybridized carbons (Fsp3) is 0.593. The number of β-amino-alcohol motifs (C(OH)–C–C–N with tert-alkyl or cyclic N) is 1. The van der Waals surface area contributed by atoms with E-state index >= 15 is 0 Å². The van der Waals surface area contributed by atoms with Gasteiger partial charge in [-0.15, -0.1) is 0 Å². The zero-order chi connectivity index (χ0) is 24.8. The second-order valence-corrected chi connectivity index (χ2v) is 11.0. The molecule has 9 nitrogen and oxygen atoms in total. The Morgan fingerprint density at radius 3 is 2.72 bits per heavy atom. The molecule has 2 atom stereocenters. The van der Waals surface area contributed by atoms with Crippen LogP contribution in [0.5, 0.6) is 0 Å². The standard InChI is InChI=1S/C27H36N6O3/c34-24-18-30-14-12-29-23(30)17-32(24)20-27(36)10-13-31(19-26(27)8-4-5-9-26)25(35)33-15-11-28-16-22(33)21-6-2-1-3-7-21/h1-3,6-7,12,14,22,28,36H,4-5,8-11,13,15-20H2/t22-,27?/m0/s1. The van der Waals surface area contributed by atoms with E-state index in [-0.39, 0.29) is 29.9 Å². The molecule has 0 bridgehead atoms. The SMILES string of the molecule is O=C1Cn2ccnc2CN1CC1(O)CCN(C(=O)N2CCNC[C@H]2c2ccccc2)CC12CCCC2. The number of piperazine rings is 1. The first kappa shape index (κ1) is 23.5. The van der Waals surface area contributed by atoms with Crippen LogP contribution in [0.3, 0.4) is 0 Å². The summed E-state index contributed by atoms with van der Waals surface area (Å²) in [7, 11) is 0. The summed E-state index contributed by atoms with van der Waals surface area (Å²) in [5, 5.41) is 15.6. The van der Waals surface area contributed by atoms with E-state index in [9.17, 15) is 14.7 Å². The summed E-state index contributed by atoms with van der Waals surface area (Å²) in [6.07, 6.45) is 7.90. The lowest BCUT2D eigenvalue weighted by Crippen LogP contribution is -2.66. The van der Waals surface area contributed by atoms with Gasteiger partial charge in [-0.1, -0.05) is 43.2 Å². The number of imidazole rings is 1. The monoisotopic (exact) mass is 492 g/mol. The number of aromatic nitrogens is 2. The van der Waals surface area contributed by atoms with Crippen molar-refractivity contribution in [2.75, 3.05) is 39.3 Å². The highest BCUT2D eigenvalue weighted by Crippen LogP contribution is 2.51. The predicted octanol–water partition coefficient (Wildman–Crippen LogP) is 1.99. The number of nitrogens with one attached hydrogen (secondary N) is 1. The van der Waals surface area contributed by atoms with Crippen LogP contribution in [-0.4, -0.2) is 86.2 Å². The van der Waals surface area contributed by atoms with Gasteiger partial charge in [0.15, 0.2) is 0 Å². The number of amides is 3. The lowest BCUT2D eigenvalue weighted by atomic mass is 9.65. The van der Waals surface area contributed by atoms with E-state index in [2.05, 4.69) is 22.4 Å². The Morgan fingerprint density at radius 1 is 1.11 bits per heavy atom. The van der Waals surface area contributed by atoms with Crippen LogP contribution < -0.4 is 5.32 Å². The van der Waals surface area contributed by atoms with Gasteiger partial charge in [-0.25, -0.2) is 9.78 Å². The van der Waals surface area contributed by atoms with E-state index in [1.54, 1.807) is 11.1 Å². The van der Waals surface area contributed by atoms with Crippen molar-refractivity contribution < 1.29 is 14.7 Å². The van der Waals surface area contributed by atoms with Crippen molar-refractivity contribution >= 4 is 11.9 Å². The quantitative estimate of drug-likeness (QED) is 0.684. The first-order valence-corrected chi connectivity index (χ1v) is 13.3. The summed E-state index contributed by atoms with van der Waals surface area (Å²) in [5.41, 5.74) is -0.249. The molecule has 1 aromatic carbocycles. The van der Waals surface area contributed by atoms with Crippen LogP contribution >= 0.6 is 0 Å². The van der Waals surface area contributed by atoms with Crippen LogP contribution in [-0.2, 0) is 17.9 Å². The fourth-order valence-electron chi connectivity index (χ4n) is 6.95. The molecule has 1 spiro atoms. The normalized spacial score (nSPS) is 28.0. The van der Waals surface area contributed by atoms with Crippen molar-refractivity contribution in [3.63, 3.8) is 0 Å². The number of aliphatic hydroxyl groups is 1. The van der Waals surface area contributed by atoms with Crippen molar-refractivity contribution in [3.8, 4) is 0 Å². The van der Waals surface area contributed by atoms with Crippen LogP contribution in [0.4, 0.5) is 4.79 Å². The molecule has 1 aliphatic carbocycles. The van der Waals surface area contributed by atoms with Gasteiger partial charge in [-0.05, 0) is 24.8 Å². The number of nitrogens with zero attached hydrogens (tertiary/aromatic N) is 5. The molecular weight excluding hydrogens is 456 g/mol. The van der Waals surface area contributed by atoms with Gasteiger partial charge < -0.3 is 29.7 Å². The molecule has 1 unspecified atom stereocenters. The minimum Gasteiger partial charge on any atom is -0.387 e. The molecule has 2 aromatic rings. The number of urea groups is 1. The van der Waals surface area contributed by atoms with Crippen LogP contribution in [0.25, 0.3) is 0 Å². The summed E-state index contributed by atoms with van der Waals surface area (Å²) < 4.78 is 1.88. The number of carbonyl (C=O) groups is 2. The number of piperidine rings is 1. The summed E-state index contributed by atoms with van der Waals surface area (Å²) in [6.45, 7) is 4.24. The maximum atomic E-state index is 13.9. The summed E-state index contributed by atoms with van der Waals surface area (Å²) in [6, 6.07) is 10.3. The molecule has 4 aliphatic rings. The van der Waals surface area contributed by atoms with Gasteiger partial charge in [0.05, 0.1) is 24.7 Å². The van der Waals surface area contributed by atoms with E-state index < -0.39 is 5.60 Å². The van der Waals surface area contributed by atoms with Gasteiger partial charge in [0, 0.05) is 50.5 Å². The molecule has 9 heteroatoms. The van der Waals surface area contributed by atoms with E-state index in [4.69, 9.17) is 0 Å². The third kappa shape index (κ3) is 3.98. The zero-order valence-electron chi connectivity index (χ0n) is 20.8. The topological polar surface area (TPSA) is 93.9 Å². The van der Waals surface area contributed by atoms with E-state index in [1.807, 2.05) is 38.8 Å². The first-order chi connectivity index (χ1) is 17.5. The number of hydrogen-bond acceptors (Lipinski definition) is 5. The lowest BCUT2D eigenvalue weighted by molar-refractivity contribution is -0.159. The van der Waals surface area contributed by atoms with Crippen molar-refractivity contribution in [1.82, 2.24) is 29.6 Å². The maximum Gasteiger partial charge on any atom is 0.320 e. The van der Waals surface area contributed by atoms with Gasteiger partial charge in [0.1, 0.15) is 12.4 Å². The summed E-state index contributed by atoms with van der Waals surface area (Å²) in [4.78, 5) is 37.0. The van der Waals surface area contributed by atoms with Gasteiger partial charge in [0.25, 0.3) is 0 Å². The lowest BCUT2D eigenvalue weighted by Gasteiger charge is -2.54. The third-order valence-corrected chi connectivity index (χ3v) is 9.03. The molecule has 4 heterocycles. The zero-order valence-corrected chi connectivity index (χ0v) is 20.8. The molecule has 3 aliphatic heterocycles. The Balaban J connectivity index is 1.21. The van der Waals surface area contributed by atoms with Gasteiger partial charge in [-0.3, -0.25) is 4.79 Å². The Kier molecular flexibility index (Phi) is 6.00. The van der Waals surface area contributed by atoms with Crippen LogP contribution in [0.2, 0.25) is 0 Å². The molecular formula is C27H36N6O3. The molecule has 192 valence electrons. The number of carbonyl (C=O) groups excluding carboxylic acids is 2. The largest absolute Gasteiger partial charge is 0.387 e. The number of hydrogen-bond donors (Lipinski definition) is 2. The average Bonchev–Trinajstić information content (AvgIpc) is 3.56. The summed E-state index contributed by atoms with van der Waals surface area (Å²) >= 11 is 0. The van der Waals surface area contributed by atoms with Crippen LogP contribution in [0.15, 0.2) is 42.7 Å². The minimum absolute atomic E-state index is 0.00232. The second kappa shape index (κ2) is 9.19. The van der Waals surface area contributed by atoms with E-state index in [0.717, 1.165) is 50.2 Å². The van der Waals surface area contributed by atoms with Crippen molar-refractivity contribution in [2.24, 2.45) is 5.41 Å². The minimum atomic E-state index is -1.01. The molecule has 1 saturated carbocycles. The fourth-order valence-corrected chi connectivity index (χ4v) is 6.95. The van der Waals surface area contributed by atoms with Gasteiger partial charge in [0.2, 0.25) is 5.91 Å². The molecule has 6 rings (SSSR count). The van der Waals surface area contributed by atoms with Gasteiger partial charge in [-0.2, -0.15) is 0 Å². The third-order valence-electron chi connectivity index (χ3n) is 9.03. The number of likely N-dealkylation sites (tertiary alicyclic amines) is 1. The van der Waals surface area contributed by atoms with Crippen molar-refractivity contribution in [1.29, 1.82) is 0 Å². The molecule has 1 aromatic heterocycles. The van der Waals surface area contributed by atoms with Crippen molar-refractivity contribution in [3.05, 3.63) is 54.1 Å². The number of rotatable bonds is 3. The van der Waals surface area contributed by atoms with Gasteiger partial charge >= 0.3 is 6.03 Å². The number of fused-ring (bicyclic) bond motifs is 1. The smallest absolute Gasteiger partial charge is 0.320 e. The summed E-state index contributed by atoms with van der Waals surface area (Å²) in [5.74, 6) is 0.879. The highest BCUT2D eigenvalue weighted by molar-refractivity contribution is 5.77. The molecule has 2 saturated heterocycles. The average molecular weight is 493 g/mol. The Labute approximate surface area is 212 Å². The van der Waals surface area contributed by atoms with E-state index in [0.29, 0.717) is 39.1 Å². The Bertz CT molecular complexity index is 1110. The highest BCUT2D eigenvalue weighted by atomic mass is 16.3. The molecule has 3 amide bonds. The Hall–Kier alpha value is -2.91. The van der Waals surface area contributed by atoms with Crippen LogP contribution in [0.1, 0.15) is 49.5 Å². The van der Waals surface area contributed by atoms with Crippen LogP contribution in [0, 0.1) is 5.41 Å². The molecule has 3 fully saturated rings. The molecule has 0 radical (unpaired) electrons. The highest BCUT2D eigenvalue weighted by Gasteiger charge is 2.57. The first-order valence-electron chi connectivity index (χ1n) is 13.3. The number of benzene rings is 1. The predicted molar refractivity (Wildman–Crippen MR) is 134 cm³/mol. The molecule has 2 N–H and O–H groups in total. The maximum absolute atomic E-state index is 13.9. The molecule has 36 heavy (non-hydrogen) atoms. The van der Waals surface area contributed by atoms with E-state index in [1.165, 1.54) is 0 Å². The Morgan fingerprint density at radius 2 is 1.92 bits per heavy atom. The van der Waals surface area contributed by atoms with Crippen molar-refractivity contribution in [2.45, 2.75) is 56.8 Å². The second-order valence-electron chi connectivity index (χ2n) is 11.0.